The Morgan fingerprint density at radius 2 is 2.17 bits per heavy atom. The number of aromatic carboxylic acids is 1. The number of carbonyl (C=O) groups is 1. The summed E-state index contributed by atoms with van der Waals surface area (Å²) < 4.78 is 15.7. The number of likely N-dealkylation sites (N-methyl/N-ethyl adjacent to an activating group) is 1. The maximum Gasteiger partial charge on any atom is 0.338 e. The number of benzene rings is 1. The molecule has 0 saturated heterocycles. The molecule has 2 aromatic rings. The minimum Gasteiger partial charge on any atom is -0.478 e. The molecule has 0 fully saturated rings. The van der Waals surface area contributed by atoms with E-state index in [0.717, 1.165) is 6.54 Å². The molecule has 1 aliphatic rings. The van der Waals surface area contributed by atoms with Crippen molar-refractivity contribution in [2.24, 2.45) is 0 Å². The van der Waals surface area contributed by atoms with Crippen molar-refractivity contribution in [3.63, 3.8) is 0 Å². The number of fused-ring (bicyclic) bond motifs is 3. The van der Waals surface area contributed by atoms with Crippen LogP contribution in [0.1, 0.15) is 16.1 Å². The lowest BCUT2D eigenvalue weighted by Gasteiger charge is -2.25. The van der Waals surface area contributed by atoms with Crippen molar-refractivity contribution in [2.45, 2.75) is 13.1 Å². The van der Waals surface area contributed by atoms with E-state index in [2.05, 4.69) is 0 Å². The number of rotatable bonds is 1. The maximum absolute atomic E-state index is 13.9. The van der Waals surface area contributed by atoms with Crippen molar-refractivity contribution >= 4 is 16.9 Å². The molecule has 0 aliphatic carbocycles. The van der Waals surface area contributed by atoms with Gasteiger partial charge in [-0.1, -0.05) is 12.1 Å². The summed E-state index contributed by atoms with van der Waals surface area (Å²) in [6.45, 7) is 1.95. The highest BCUT2D eigenvalue weighted by Gasteiger charge is 2.26. The first-order chi connectivity index (χ1) is 8.59. The first kappa shape index (κ1) is 11.2. The van der Waals surface area contributed by atoms with E-state index in [0.29, 0.717) is 29.7 Å². The highest BCUT2D eigenvalue weighted by atomic mass is 19.1. The molecule has 1 N–H and O–H groups in total. The van der Waals surface area contributed by atoms with Gasteiger partial charge in [-0.15, -0.1) is 0 Å². The topological polar surface area (TPSA) is 45.5 Å². The molecule has 1 aromatic heterocycles. The fourth-order valence-electron chi connectivity index (χ4n) is 2.67. The molecule has 1 aliphatic heterocycles. The monoisotopic (exact) mass is 248 g/mol. The van der Waals surface area contributed by atoms with Crippen molar-refractivity contribution in [3.8, 4) is 0 Å². The van der Waals surface area contributed by atoms with Crippen LogP contribution in [0.4, 0.5) is 4.39 Å². The lowest BCUT2D eigenvalue weighted by atomic mass is 10.1. The smallest absolute Gasteiger partial charge is 0.338 e. The zero-order valence-electron chi connectivity index (χ0n) is 9.98. The van der Waals surface area contributed by atoms with Crippen molar-refractivity contribution in [2.75, 3.05) is 13.6 Å². The number of nitrogens with zero attached hydrogens (tertiary/aromatic N) is 2. The van der Waals surface area contributed by atoms with Crippen LogP contribution in [0.15, 0.2) is 18.2 Å². The van der Waals surface area contributed by atoms with E-state index in [1.807, 2.05) is 11.9 Å². The Balaban J connectivity index is 2.41. The molecule has 0 unspecified atom stereocenters. The number of halogens is 1. The Kier molecular flexibility index (Phi) is 2.38. The Hall–Kier alpha value is -1.88. The summed E-state index contributed by atoms with van der Waals surface area (Å²) in [6.07, 6.45) is 0. The average Bonchev–Trinajstić information content (AvgIpc) is 2.63. The second-order valence-corrected chi connectivity index (χ2v) is 4.65. The van der Waals surface area contributed by atoms with E-state index in [1.165, 1.54) is 6.07 Å². The number of hydrogen-bond donors (Lipinski definition) is 1. The average molecular weight is 248 g/mol. The molecule has 3 rings (SSSR count). The quantitative estimate of drug-likeness (QED) is 0.838. The third kappa shape index (κ3) is 1.44. The van der Waals surface area contributed by atoms with Gasteiger partial charge in [0.25, 0.3) is 0 Å². The normalized spacial score (nSPS) is 15.9. The summed E-state index contributed by atoms with van der Waals surface area (Å²) in [6, 6.07) is 4.60. The van der Waals surface area contributed by atoms with Crippen molar-refractivity contribution < 1.29 is 14.3 Å². The molecule has 0 amide bonds. The summed E-state index contributed by atoms with van der Waals surface area (Å²) >= 11 is 0. The second-order valence-electron chi connectivity index (χ2n) is 4.65. The summed E-state index contributed by atoms with van der Waals surface area (Å²) in [4.78, 5) is 13.5. The first-order valence-electron chi connectivity index (χ1n) is 5.81. The van der Waals surface area contributed by atoms with Gasteiger partial charge in [0, 0.05) is 30.7 Å². The van der Waals surface area contributed by atoms with Crippen LogP contribution < -0.4 is 0 Å². The number of aromatic nitrogens is 1. The van der Waals surface area contributed by atoms with Crippen LogP contribution >= 0.6 is 0 Å². The SMILES string of the molecule is CN1CCn2c(c(C(=O)O)c3cccc(F)c32)C1. The largest absolute Gasteiger partial charge is 0.478 e. The van der Waals surface area contributed by atoms with Gasteiger partial charge in [-0.05, 0) is 13.1 Å². The highest BCUT2D eigenvalue weighted by molar-refractivity contribution is 6.05. The minimum atomic E-state index is -0.991. The highest BCUT2D eigenvalue weighted by Crippen LogP contribution is 2.30. The minimum absolute atomic E-state index is 0.232. The molecule has 2 heterocycles. The molecule has 0 spiro atoms. The van der Waals surface area contributed by atoms with Crippen LogP contribution in [0.5, 0.6) is 0 Å². The molecule has 0 radical (unpaired) electrons. The van der Waals surface area contributed by atoms with Gasteiger partial charge >= 0.3 is 5.97 Å². The molecule has 4 nitrogen and oxygen atoms in total. The number of carboxylic acids is 1. The van der Waals surface area contributed by atoms with Gasteiger partial charge in [0.15, 0.2) is 0 Å². The van der Waals surface area contributed by atoms with E-state index in [-0.39, 0.29) is 11.4 Å². The van der Waals surface area contributed by atoms with Gasteiger partial charge in [-0.3, -0.25) is 4.90 Å². The van der Waals surface area contributed by atoms with Crippen LogP contribution in [-0.2, 0) is 13.1 Å². The van der Waals surface area contributed by atoms with Crippen LogP contribution in [0.3, 0.4) is 0 Å². The molecule has 18 heavy (non-hydrogen) atoms. The van der Waals surface area contributed by atoms with Crippen LogP contribution in [0, 0.1) is 5.82 Å². The van der Waals surface area contributed by atoms with Crippen molar-refractivity contribution in [1.82, 2.24) is 9.47 Å². The zero-order chi connectivity index (χ0) is 12.9. The number of carboxylic acid groups (broad SMARTS) is 1. The molecule has 0 atom stereocenters. The van der Waals surface area contributed by atoms with Crippen molar-refractivity contribution in [3.05, 3.63) is 35.3 Å². The molecule has 1 aromatic carbocycles. The van der Waals surface area contributed by atoms with E-state index in [1.54, 1.807) is 16.7 Å². The Morgan fingerprint density at radius 1 is 1.39 bits per heavy atom. The Morgan fingerprint density at radius 3 is 2.89 bits per heavy atom. The summed E-state index contributed by atoms with van der Waals surface area (Å²) in [7, 11) is 1.93. The van der Waals surface area contributed by atoms with E-state index in [9.17, 15) is 14.3 Å². The Bertz CT molecular complexity index is 648. The third-order valence-electron chi connectivity index (χ3n) is 3.48. The first-order valence-corrected chi connectivity index (χ1v) is 5.81. The van der Waals surface area contributed by atoms with Crippen LogP contribution in [0.25, 0.3) is 10.9 Å². The summed E-state index contributed by atoms with van der Waals surface area (Å²) in [5.41, 5.74) is 1.34. The second kappa shape index (κ2) is 3.81. The van der Waals surface area contributed by atoms with Gasteiger partial charge in [0.1, 0.15) is 5.82 Å². The molecule has 0 bridgehead atoms. The predicted octanol–water partition coefficient (Wildman–Crippen LogP) is 1.92. The summed E-state index contributed by atoms with van der Waals surface area (Å²) in [5, 5.41) is 9.84. The van der Waals surface area contributed by atoms with Gasteiger partial charge in [0.2, 0.25) is 0 Å². The standard InChI is InChI=1S/C13H13FN2O2/c1-15-5-6-16-10(7-15)11(13(17)18)8-3-2-4-9(14)12(8)16/h2-4H,5-7H2,1H3,(H,17,18). The fraction of sp³-hybridized carbons (Fsp3) is 0.308. The van der Waals surface area contributed by atoms with Gasteiger partial charge in [0.05, 0.1) is 11.1 Å². The molecule has 5 heteroatoms. The lowest BCUT2D eigenvalue weighted by molar-refractivity contribution is 0.0695. The van der Waals surface area contributed by atoms with Crippen LogP contribution in [-0.4, -0.2) is 34.1 Å². The molecular weight excluding hydrogens is 235 g/mol. The van der Waals surface area contributed by atoms with Gasteiger partial charge in [-0.25, -0.2) is 9.18 Å². The molecular formula is C13H13FN2O2. The third-order valence-corrected chi connectivity index (χ3v) is 3.48. The Labute approximate surface area is 103 Å². The maximum atomic E-state index is 13.9. The zero-order valence-corrected chi connectivity index (χ0v) is 9.98. The predicted molar refractivity (Wildman–Crippen MR) is 65.2 cm³/mol. The number of hydrogen-bond acceptors (Lipinski definition) is 2. The van der Waals surface area contributed by atoms with E-state index >= 15 is 0 Å². The van der Waals surface area contributed by atoms with Crippen molar-refractivity contribution in [1.29, 1.82) is 0 Å². The lowest BCUT2D eigenvalue weighted by Crippen LogP contribution is -2.31. The van der Waals surface area contributed by atoms with Gasteiger partial charge in [-0.2, -0.15) is 0 Å². The molecule has 94 valence electrons. The van der Waals surface area contributed by atoms with Gasteiger partial charge < -0.3 is 9.67 Å². The van der Waals surface area contributed by atoms with Crippen LogP contribution in [0.2, 0.25) is 0 Å². The van der Waals surface area contributed by atoms with E-state index in [4.69, 9.17) is 0 Å². The summed E-state index contributed by atoms with van der Waals surface area (Å²) in [5.74, 6) is -1.35. The molecule has 0 saturated carbocycles. The fourth-order valence-corrected chi connectivity index (χ4v) is 2.67. The van der Waals surface area contributed by atoms with E-state index < -0.39 is 5.97 Å². The number of para-hydroxylation sites is 1.